The van der Waals surface area contributed by atoms with Gasteiger partial charge in [0.05, 0.1) is 11.6 Å². The SMILES string of the molecule is Cl.Cl.O=C1OC2(CCN(CCNC3c4ccccc4CCc4ccc(Cl)cc43)CC2)c2ccccc21. The molecular weight excluding hydrogens is 515 g/mol. The number of hydrogen-bond acceptors (Lipinski definition) is 4. The first-order chi connectivity index (χ1) is 16.6. The molecule has 1 aliphatic carbocycles. The van der Waals surface area contributed by atoms with Gasteiger partial charge in [-0.05, 0) is 53.3 Å². The first-order valence-electron chi connectivity index (χ1n) is 12.3. The summed E-state index contributed by atoms with van der Waals surface area (Å²) in [4.78, 5) is 14.8. The van der Waals surface area contributed by atoms with Crippen molar-refractivity contribution in [2.24, 2.45) is 0 Å². The molecular formula is C29H31Cl3N2O2. The smallest absolute Gasteiger partial charge is 0.339 e. The molecule has 4 nitrogen and oxygen atoms in total. The average molecular weight is 546 g/mol. The zero-order valence-electron chi connectivity index (χ0n) is 20.0. The van der Waals surface area contributed by atoms with Crippen molar-refractivity contribution in [3.8, 4) is 0 Å². The Morgan fingerprint density at radius 2 is 1.61 bits per heavy atom. The number of likely N-dealkylation sites (tertiary alicyclic amines) is 1. The van der Waals surface area contributed by atoms with E-state index in [0.717, 1.165) is 68.0 Å². The summed E-state index contributed by atoms with van der Waals surface area (Å²) < 4.78 is 5.92. The average Bonchev–Trinajstić information content (AvgIpc) is 3.04. The van der Waals surface area contributed by atoms with Crippen LogP contribution < -0.4 is 5.32 Å². The third-order valence-corrected chi connectivity index (χ3v) is 8.05. The van der Waals surface area contributed by atoms with Crippen molar-refractivity contribution in [3.05, 3.63) is 105 Å². The quantitative estimate of drug-likeness (QED) is 0.401. The van der Waals surface area contributed by atoms with E-state index >= 15 is 0 Å². The molecule has 1 fully saturated rings. The lowest BCUT2D eigenvalue weighted by atomic mass is 9.84. The van der Waals surface area contributed by atoms with Crippen molar-refractivity contribution in [1.82, 2.24) is 10.2 Å². The van der Waals surface area contributed by atoms with E-state index < -0.39 is 5.60 Å². The lowest BCUT2D eigenvalue weighted by Gasteiger charge is -2.38. The number of nitrogens with one attached hydrogen (secondary N) is 1. The minimum Gasteiger partial charge on any atom is -0.450 e. The summed E-state index contributed by atoms with van der Waals surface area (Å²) in [6.45, 7) is 3.69. The van der Waals surface area contributed by atoms with E-state index in [0.29, 0.717) is 0 Å². The number of aryl methyl sites for hydroxylation is 2. The van der Waals surface area contributed by atoms with E-state index in [9.17, 15) is 4.79 Å². The normalized spacial score (nSPS) is 19.7. The number of carbonyl (C=O) groups is 1. The molecule has 3 aromatic carbocycles. The first-order valence-corrected chi connectivity index (χ1v) is 12.7. The number of hydrogen-bond donors (Lipinski definition) is 1. The van der Waals surface area contributed by atoms with E-state index in [-0.39, 0.29) is 36.8 Å². The van der Waals surface area contributed by atoms with Crippen LogP contribution in [0.15, 0.2) is 66.7 Å². The number of benzene rings is 3. The van der Waals surface area contributed by atoms with Crippen molar-refractivity contribution in [1.29, 1.82) is 0 Å². The molecule has 2 heterocycles. The van der Waals surface area contributed by atoms with Crippen molar-refractivity contribution >= 4 is 42.4 Å². The summed E-state index contributed by atoms with van der Waals surface area (Å²) in [6.07, 6.45) is 3.79. The Hall–Kier alpha value is -2.08. The summed E-state index contributed by atoms with van der Waals surface area (Å²) in [5.41, 5.74) is 6.81. The molecule has 3 aromatic rings. The molecule has 1 atom stereocenters. The van der Waals surface area contributed by atoms with Gasteiger partial charge in [-0.3, -0.25) is 0 Å². The number of ether oxygens (including phenoxy) is 1. The van der Waals surface area contributed by atoms with Gasteiger partial charge in [-0.25, -0.2) is 4.79 Å². The molecule has 0 amide bonds. The maximum absolute atomic E-state index is 12.4. The Bertz CT molecular complexity index is 1240. The molecule has 1 spiro atoms. The molecule has 1 saturated heterocycles. The number of fused-ring (bicyclic) bond motifs is 4. The van der Waals surface area contributed by atoms with Gasteiger partial charge in [0.25, 0.3) is 0 Å². The van der Waals surface area contributed by atoms with Gasteiger partial charge in [0.1, 0.15) is 5.60 Å². The summed E-state index contributed by atoms with van der Waals surface area (Å²) in [5, 5.41) is 4.64. The maximum atomic E-state index is 12.4. The van der Waals surface area contributed by atoms with Gasteiger partial charge in [0.15, 0.2) is 0 Å². The van der Waals surface area contributed by atoms with Gasteiger partial charge >= 0.3 is 5.97 Å². The van der Waals surface area contributed by atoms with E-state index in [2.05, 4.69) is 52.7 Å². The standard InChI is InChI=1S/C29H29ClN2O2.2ClH/c30-22-12-11-21-10-9-20-5-1-2-6-23(20)27(25(21)19-22)31-15-18-32-16-13-29(14-17-32)26-8-4-3-7-24(26)28(33)34-29;;/h1-8,11-12,19,27,31H,9-10,13-18H2;2*1H. The van der Waals surface area contributed by atoms with Gasteiger partial charge in [-0.15, -0.1) is 24.8 Å². The van der Waals surface area contributed by atoms with E-state index in [4.69, 9.17) is 16.3 Å². The highest BCUT2D eigenvalue weighted by atomic mass is 35.5. The highest BCUT2D eigenvalue weighted by Gasteiger charge is 2.46. The number of carbonyl (C=O) groups excluding carboxylic acids is 1. The van der Waals surface area contributed by atoms with Gasteiger partial charge in [-0.1, -0.05) is 60.1 Å². The van der Waals surface area contributed by atoms with Crippen LogP contribution in [0.4, 0.5) is 0 Å². The number of nitrogens with zero attached hydrogens (tertiary/aromatic N) is 1. The number of esters is 1. The van der Waals surface area contributed by atoms with E-state index in [1.807, 2.05) is 24.3 Å². The second kappa shape index (κ2) is 11.1. The molecule has 0 radical (unpaired) electrons. The molecule has 190 valence electrons. The Morgan fingerprint density at radius 3 is 2.42 bits per heavy atom. The van der Waals surface area contributed by atoms with E-state index in [1.165, 1.54) is 22.3 Å². The van der Waals surface area contributed by atoms with Crippen LogP contribution in [0.3, 0.4) is 0 Å². The molecule has 1 N–H and O–H groups in total. The minimum absolute atomic E-state index is 0. The molecule has 3 aliphatic rings. The highest BCUT2D eigenvalue weighted by Crippen LogP contribution is 2.44. The molecule has 7 heteroatoms. The summed E-state index contributed by atoms with van der Waals surface area (Å²) >= 11 is 6.41. The fourth-order valence-electron chi connectivity index (χ4n) is 5.98. The van der Waals surface area contributed by atoms with Crippen LogP contribution in [0.1, 0.15) is 57.1 Å². The Labute approximate surface area is 230 Å². The van der Waals surface area contributed by atoms with Crippen LogP contribution >= 0.6 is 36.4 Å². The maximum Gasteiger partial charge on any atom is 0.339 e. The lowest BCUT2D eigenvalue weighted by molar-refractivity contribution is -0.0426. The predicted octanol–water partition coefficient (Wildman–Crippen LogP) is 6.12. The molecule has 6 rings (SSSR count). The third-order valence-electron chi connectivity index (χ3n) is 7.81. The Kier molecular flexibility index (Phi) is 8.33. The monoisotopic (exact) mass is 544 g/mol. The summed E-state index contributed by atoms with van der Waals surface area (Å²) in [7, 11) is 0. The number of rotatable bonds is 4. The zero-order valence-corrected chi connectivity index (χ0v) is 22.4. The summed E-state index contributed by atoms with van der Waals surface area (Å²) in [5.74, 6) is -0.171. The van der Waals surface area contributed by atoms with E-state index in [1.54, 1.807) is 0 Å². The Balaban J connectivity index is 0.00000152. The second-order valence-corrected chi connectivity index (χ2v) is 10.1. The fraction of sp³-hybridized carbons (Fsp3) is 0.345. The molecule has 2 aliphatic heterocycles. The third kappa shape index (κ3) is 4.90. The predicted molar refractivity (Wildman–Crippen MR) is 149 cm³/mol. The van der Waals surface area contributed by atoms with Gasteiger partial charge in [0.2, 0.25) is 0 Å². The van der Waals surface area contributed by atoms with Crippen molar-refractivity contribution in [2.75, 3.05) is 26.2 Å². The van der Waals surface area contributed by atoms with Gasteiger partial charge in [0, 0.05) is 49.6 Å². The first kappa shape index (κ1) is 27.0. The highest BCUT2D eigenvalue weighted by molar-refractivity contribution is 6.30. The van der Waals surface area contributed by atoms with Crippen LogP contribution in [0.5, 0.6) is 0 Å². The largest absolute Gasteiger partial charge is 0.450 e. The van der Waals surface area contributed by atoms with Crippen LogP contribution in [-0.4, -0.2) is 37.0 Å². The summed E-state index contributed by atoms with van der Waals surface area (Å²) in [6, 6.07) is 23.1. The lowest BCUT2D eigenvalue weighted by Crippen LogP contribution is -2.45. The van der Waals surface area contributed by atoms with Crippen LogP contribution in [-0.2, 0) is 23.2 Å². The van der Waals surface area contributed by atoms with Gasteiger partial charge < -0.3 is 15.0 Å². The van der Waals surface area contributed by atoms with Crippen LogP contribution in [0.25, 0.3) is 0 Å². The van der Waals surface area contributed by atoms with Crippen LogP contribution in [0.2, 0.25) is 5.02 Å². The van der Waals surface area contributed by atoms with Crippen molar-refractivity contribution in [3.63, 3.8) is 0 Å². The Morgan fingerprint density at radius 1 is 0.917 bits per heavy atom. The topological polar surface area (TPSA) is 41.6 Å². The van der Waals surface area contributed by atoms with Gasteiger partial charge in [-0.2, -0.15) is 0 Å². The van der Waals surface area contributed by atoms with Crippen molar-refractivity contribution < 1.29 is 9.53 Å². The molecule has 0 aromatic heterocycles. The zero-order chi connectivity index (χ0) is 23.1. The van der Waals surface area contributed by atoms with Crippen LogP contribution in [0, 0.1) is 0 Å². The van der Waals surface area contributed by atoms with Crippen molar-refractivity contribution in [2.45, 2.75) is 37.3 Å². The minimum atomic E-state index is -0.437. The fourth-order valence-corrected chi connectivity index (χ4v) is 6.17. The molecule has 0 bridgehead atoms. The number of piperidine rings is 1. The second-order valence-electron chi connectivity index (χ2n) is 9.70. The molecule has 0 saturated carbocycles. The molecule has 1 unspecified atom stereocenters. The number of halogens is 3. The molecule has 36 heavy (non-hydrogen) atoms.